The molecule has 46 valence electrons. The Kier molecular flexibility index (Phi) is 2.31. The fraction of sp³-hybridized carbons (Fsp3) is 0.143. The molecule has 2 radical (unpaired) electrons. The van der Waals surface area contributed by atoms with E-state index < -0.39 is 0 Å². The lowest BCUT2D eigenvalue weighted by Gasteiger charge is -1.92. The highest BCUT2D eigenvalue weighted by molar-refractivity contribution is 7.01. The third-order valence-corrected chi connectivity index (χ3v) is 2.37. The van der Waals surface area contributed by atoms with E-state index in [0.29, 0.717) is 8.83 Å². The molecule has 0 amide bonds. The largest absolute Gasteiger partial charge is 0.210 e. The monoisotopic (exact) mass is 154 g/mol. The van der Waals surface area contributed by atoms with Crippen molar-refractivity contribution >= 4 is 25.1 Å². The maximum absolute atomic E-state index is 5.61. The van der Waals surface area contributed by atoms with E-state index in [1.54, 1.807) is 0 Å². The van der Waals surface area contributed by atoms with E-state index in [9.17, 15) is 0 Å². The highest BCUT2D eigenvalue weighted by Crippen LogP contribution is 1.92. The Morgan fingerprint density at radius 3 is 2.22 bits per heavy atom. The highest BCUT2D eigenvalue weighted by Gasteiger charge is 1.88. The second-order valence-corrected chi connectivity index (χ2v) is 3.29. The molecule has 0 fully saturated rings. The summed E-state index contributed by atoms with van der Waals surface area (Å²) in [5.74, 6) is 0. The Hall–Kier alpha value is -0.273. The highest BCUT2D eigenvalue weighted by atomic mass is 35.6. The minimum absolute atomic E-state index is 0.399. The van der Waals surface area contributed by atoms with Crippen LogP contribution in [-0.4, -0.2) is 8.83 Å². The number of benzene rings is 1. The minimum atomic E-state index is 0.399. The van der Waals surface area contributed by atoms with Crippen molar-refractivity contribution in [2.75, 3.05) is 0 Å². The first-order chi connectivity index (χ1) is 4.33. The summed E-state index contributed by atoms with van der Waals surface area (Å²) in [5.41, 5.74) is 1.29. The van der Waals surface area contributed by atoms with E-state index >= 15 is 0 Å². The van der Waals surface area contributed by atoms with Crippen LogP contribution in [0.1, 0.15) is 5.56 Å². The van der Waals surface area contributed by atoms with Crippen LogP contribution in [0, 0.1) is 6.92 Å². The summed E-state index contributed by atoms with van der Waals surface area (Å²) in [6.07, 6.45) is 0. The zero-order valence-electron chi connectivity index (χ0n) is 5.19. The van der Waals surface area contributed by atoms with Gasteiger partial charge in [-0.05, 0) is 12.1 Å². The zero-order chi connectivity index (χ0) is 6.69. The van der Waals surface area contributed by atoms with Gasteiger partial charge in [0.25, 0.3) is 0 Å². The van der Waals surface area contributed by atoms with E-state index in [1.165, 1.54) is 10.8 Å². The third kappa shape index (κ3) is 1.84. The summed E-state index contributed by atoms with van der Waals surface area (Å²) in [4.78, 5) is 0. The summed E-state index contributed by atoms with van der Waals surface area (Å²) >= 11 is 5.61. The first kappa shape index (κ1) is 6.84. The van der Waals surface area contributed by atoms with Crippen molar-refractivity contribution in [2.45, 2.75) is 6.92 Å². The van der Waals surface area contributed by atoms with Crippen molar-refractivity contribution < 1.29 is 0 Å². The van der Waals surface area contributed by atoms with Crippen molar-refractivity contribution in [1.82, 2.24) is 0 Å². The van der Waals surface area contributed by atoms with Crippen LogP contribution >= 0.6 is 11.1 Å². The quantitative estimate of drug-likeness (QED) is 0.425. The van der Waals surface area contributed by atoms with Gasteiger partial charge in [-0.2, -0.15) is 11.1 Å². The van der Waals surface area contributed by atoms with Crippen LogP contribution in [-0.2, 0) is 0 Å². The summed E-state index contributed by atoms with van der Waals surface area (Å²) in [6, 6.07) is 8.26. The molecule has 0 bridgehead atoms. The predicted molar refractivity (Wildman–Crippen MR) is 42.4 cm³/mol. The van der Waals surface area contributed by atoms with Gasteiger partial charge in [-0.25, -0.2) is 0 Å². The molecule has 0 nitrogen and oxygen atoms in total. The fourth-order valence-electron chi connectivity index (χ4n) is 0.617. The number of hydrogen-bond acceptors (Lipinski definition) is 0. The molecule has 0 spiro atoms. The first-order valence-corrected chi connectivity index (χ1v) is 4.77. The lowest BCUT2D eigenvalue weighted by molar-refractivity contribution is 1.49. The van der Waals surface area contributed by atoms with E-state index in [4.69, 9.17) is 11.1 Å². The maximum atomic E-state index is 5.61. The van der Waals surface area contributed by atoms with Crippen LogP contribution in [0.4, 0.5) is 0 Å². The van der Waals surface area contributed by atoms with Crippen molar-refractivity contribution in [3.05, 3.63) is 29.8 Å². The summed E-state index contributed by atoms with van der Waals surface area (Å²) in [7, 11) is 0.399. The molecule has 1 aromatic carbocycles. The number of hydrogen-bond donors (Lipinski definition) is 0. The molecule has 0 atom stereocenters. The molecule has 0 aliphatic carbocycles. The van der Waals surface area contributed by atoms with Crippen LogP contribution < -0.4 is 5.19 Å². The average molecular weight is 155 g/mol. The molecule has 0 unspecified atom stereocenters. The smallest absolute Gasteiger partial charge is 0.165 e. The first-order valence-electron chi connectivity index (χ1n) is 2.76. The van der Waals surface area contributed by atoms with Gasteiger partial charge < -0.3 is 0 Å². The number of halogens is 1. The summed E-state index contributed by atoms with van der Waals surface area (Å²) in [5, 5.41) is 1.21. The van der Waals surface area contributed by atoms with Crippen molar-refractivity contribution in [3.63, 3.8) is 0 Å². The third-order valence-electron chi connectivity index (χ3n) is 1.16. The lowest BCUT2D eigenvalue weighted by atomic mass is 10.2. The summed E-state index contributed by atoms with van der Waals surface area (Å²) < 4.78 is 0. The van der Waals surface area contributed by atoms with Gasteiger partial charge in [-0.1, -0.05) is 29.8 Å². The van der Waals surface area contributed by atoms with Gasteiger partial charge in [-0.3, -0.25) is 0 Å². The van der Waals surface area contributed by atoms with Crippen LogP contribution in [0.5, 0.6) is 0 Å². The van der Waals surface area contributed by atoms with Gasteiger partial charge in [0.1, 0.15) is 0 Å². The summed E-state index contributed by atoms with van der Waals surface area (Å²) in [6.45, 7) is 2.07. The Morgan fingerprint density at radius 2 is 1.78 bits per heavy atom. The van der Waals surface area contributed by atoms with Crippen molar-refractivity contribution in [1.29, 1.82) is 0 Å². The van der Waals surface area contributed by atoms with Gasteiger partial charge in [0, 0.05) is 0 Å². The molecule has 9 heavy (non-hydrogen) atoms. The van der Waals surface area contributed by atoms with Gasteiger partial charge in [-0.15, -0.1) is 0 Å². The minimum Gasteiger partial charge on any atom is -0.165 e. The van der Waals surface area contributed by atoms with Crippen LogP contribution in [0.3, 0.4) is 0 Å². The fourth-order valence-corrected chi connectivity index (χ4v) is 1.29. The Morgan fingerprint density at radius 1 is 1.22 bits per heavy atom. The Labute approximate surface area is 62.4 Å². The molecule has 0 heterocycles. The Balaban J connectivity index is 2.88. The molecule has 0 N–H and O–H groups in total. The van der Waals surface area contributed by atoms with Crippen LogP contribution in [0.25, 0.3) is 0 Å². The van der Waals surface area contributed by atoms with Gasteiger partial charge in [0.2, 0.25) is 8.83 Å². The van der Waals surface area contributed by atoms with Gasteiger partial charge in [0.05, 0.1) is 0 Å². The zero-order valence-corrected chi connectivity index (χ0v) is 6.94. The average Bonchev–Trinajstić information content (AvgIpc) is 1.90. The van der Waals surface area contributed by atoms with E-state index in [2.05, 4.69) is 31.2 Å². The molecular formula is C7H7ClSi. The molecular weight excluding hydrogens is 148 g/mol. The molecule has 0 saturated heterocycles. The Bertz CT molecular complexity index is 181. The van der Waals surface area contributed by atoms with Crippen molar-refractivity contribution in [2.24, 2.45) is 0 Å². The van der Waals surface area contributed by atoms with E-state index in [1.807, 2.05) is 0 Å². The number of rotatable bonds is 1. The SMILES string of the molecule is Cc1ccc([Si]Cl)cc1. The van der Waals surface area contributed by atoms with Crippen molar-refractivity contribution in [3.8, 4) is 0 Å². The maximum Gasteiger partial charge on any atom is 0.210 e. The normalized spacial score (nSPS) is 9.56. The molecule has 0 aliphatic heterocycles. The molecule has 0 aliphatic rings. The van der Waals surface area contributed by atoms with E-state index in [-0.39, 0.29) is 0 Å². The topological polar surface area (TPSA) is 0 Å². The molecule has 1 aromatic rings. The predicted octanol–water partition coefficient (Wildman–Crippen LogP) is 1.48. The van der Waals surface area contributed by atoms with E-state index in [0.717, 1.165) is 0 Å². The van der Waals surface area contributed by atoms with Gasteiger partial charge in [0.15, 0.2) is 0 Å². The van der Waals surface area contributed by atoms with Crippen LogP contribution in [0.2, 0.25) is 0 Å². The van der Waals surface area contributed by atoms with Gasteiger partial charge >= 0.3 is 0 Å². The molecule has 1 rings (SSSR count). The molecule has 0 aromatic heterocycles. The second-order valence-electron chi connectivity index (χ2n) is 1.96. The standard InChI is InChI=1S/C7H7ClSi/c1-6-2-4-7(9-8)5-3-6/h2-5H,1H3. The molecule has 2 heteroatoms. The molecule has 0 saturated carbocycles. The number of aryl methyl sites for hydroxylation is 1. The second kappa shape index (κ2) is 3.04. The lowest BCUT2D eigenvalue weighted by Crippen LogP contribution is -2.06. The van der Waals surface area contributed by atoms with Crippen LogP contribution in [0.15, 0.2) is 24.3 Å².